The molecule has 3 aromatic carbocycles. The Hall–Kier alpha value is -2.94. The van der Waals surface area contributed by atoms with E-state index in [4.69, 9.17) is 0 Å². The van der Waals surface area contributed by atoms with E-state index in [1.54, 1.807) is 0 Å². The van der Waals surface area contributed by atoms with E-state index in [1.165, 1.54) is 0 Å². The molecule has 0 aliphatic rings. The highest BCUT2D eigenvalue weighted by Gasteiger charge is 2.11. The van der Waals surface area contributed by atoms with Crippen LogP contribution in [0.4, 0.5) is 11.4 Å². The molecule has 3 rings (SSSR count). The van der Waals surface area contributed by atoms with Gasteiger partial charge in [-0.25, -0.2) is 0 Å². The Morgan fingerprint density at radius 1 is 0.556 bits per heavy atom. The molecule has 3 heteroatoms. The Morgan fingerprint density at radius 2 is 0.926 bits per heavy atom. The fourth-order valence-corrected chi connectivity index (χ4v) is 2.62. The smallest absolute Gasteiger partial charge is 0.122 e. The molecular formula is C24H28N2O. The van der Waals surface area contributed by atoms with Gasteiger partial charge in [0.05, 0.1) is 11.4 Å². The van der Waals surface area contributed by atoms with Crippen molar-refractivity contribution in [1.29, 1.82) is 0 Å². The fraction of sp³-hybridized carbons (Fsp3) is 0.250. The number of hydrogen-bond acceptors (Lipinski definition) is 3. The second kappa shape index (κ2) is 10.3. The van der Waals surface area contributed by atoms with Gasteiger partial charge in [0.1, 0.15) is 5.75 Å². The lowest BCUT2D eigenvalue weighted by atomic mass is 9.94. The summed E-state index contributed by atoms with van der Waals surface area (Å²) in [5, 5.41) is 18.1. The number of phenols is 1. The van der Waals surface area contributed by atoms with Crippen LogP contribution in [0, 0.1) is 0 Å². The summed E-state index contributed by atoms with van der Waals surface area (Å²) >= 11 is 0. The predicted molar refractivity (Wildman–Crippen MR) is 113 cm³/mol. The molecule has 0 spiro atoms. The molecule has 27 heavy (non-hydrogen) atoms. The zero-order chi connectivity index (χ0) is 19.6. The highest BCUT2D eigenvalue weighted by atomic mass is 16.3. The van der Waals surface area contributed by atoms with Gasteiger partial charge in [0.2, 0.25) is 0 Å². The summed E-state index contributed by atoms with van der Waals surface area (Å²) in [5.74, 6) is 1.25. The van der Waals surface area contributed by atoms with E-state index < -0.39 is 0 Å². The quantitative estimate of drug-likeness (QED) is 0.475. The van der Waals surface area contributed by atoms with Crippen molar-refractivity contribution >= 4 is 11.4 Å². The summed E-state index contributed by atoms with van der Waals surface area (Å²) in [6, 6.07) is 25.4. The van der Waals surface area contributed by atoms with Crippen LogP contribution < -0.4 is 0 Å². The molecule has 0 saturated heterocycles. The van der Waals surface area contributed by atoms with Gasteiger partial charge in [-0.15, -0.1) is 0 Å². The van der Waals surface area contributed by atoms with Crippen molar-refractivity contribution in [2.75, 3.05) is 0 Å². The second-order valence-electron chi connectivity index (χ2n) is 6.97. The number of para-hydroxylation sites is 1. The van der Waals surface area contributed by atoms with Crippen molar-refractivity contribution in [1.82, 2.24) is 0 Å². The third kappa shape index (κ3) is 6.37. The summed E-state index contributed by atoms with van der Waals surface area (Å²) in [6.45, 7) is 8.39. The first kappa shape index (κ1) is 20.4. The highest BCUT2D eigenvalue weighted by Crippen LogP contribution is 2.32. The summed E-state index contributed by atoms with van der Waals surface area (Å²) in [4.78, 5) is 0. The average Bonchev–Trinajstić information content (AvgIpc) is 2.68. The Morgan fingerprint density at radius 3 is 1.26 bits per heavy atom. The van der Waals surface area contributed by atoms with Gasteiger partial charge >= 0.3 is 0 Å². The van der Waals surface area contributed by atoms with Gasteiger partial charge in [0.25, 0.3) is 0 Å². The third-order valence-corrected chi connectivity index (χ3v) is 4.14. The standard InChI is InChI=1S/C12H10N2.C12H18O/c1-3-7-11(8-4-1)13-14-12-9-5-2-6-10-12;1-8(2)10-6-5-7-11(9(3)4)12(10)13/h1-10H;5-9,13H,1-4H3/b14-13+;. The first-order valence-electron chi connectivity index (χ1n) is 9.32. The normalized spacial score (nSPS) is 10.9. The first-order valence-corrected chi connectivity index (χ1v) is 9.32. The van der Waals surface area contributed by atoms with Crippen molar-refractivity contribution in [3.05, 3.63) is 90.0 Å². The molecule has 1 N–H and O–H groups in total. The Balaban J connectivity index is 0.000000194. The van der Waals surface area contributed by atoms with Crippen LogP contribution in [0.15, 0.2) is 89.1 Å². The molecular weight excluding hydrogens is 332 g/mol. The molecule has 0 unspecified atom stereocenters. The number of phenolic OH excluding ortho intramolecular Hbond substituents is 1. The molecule has 0 atom stereocenters. The molecule has 140 valence electrons. The van der Waals surface area contributed by atoms with E-state index in [0.717, 1.165) is 22.5 Å². The molecule has 0 bridgehead atoms. The number of benzene rings is 3. The number of hydrogen-bond donors (Lipinski definition) is 1. The molecule has 0 aromatic heterocycles. The van der Waals surface area contributed by atoms with Crippen LogP contribution in [0.3, 0.4) is 0 Å². The van der Waals surface area contributed by atoms with E-state index >= 15 is 0 Å². The van der Waals surface area contributed by atoms with Crippen molar-refractivity contribution in [2.45, 2.75) is 39.5 Å². The highest BCUT2D eigenvalue weighted by molar-refractivity contribution is 5.43. The van der Waals surface area contributed by atoms with Gasteiger partial charge in [-0.3, -0.25) is 0 Å². The predicted octanol–water partition coefficient (Wildman–Crippen LogP) is 7.74. The zero-order valence-corrected chi connectivity index (χ0v) is 16.5. The lowest BCUT2D eigenvalue weighted by Gasteiger charge is -2.14. The average molecular weight is 361 g/mol. The minimum absolute atomic E-state index is 0.388. The molecule has 0 aliphatic heterocycles. The van der Waals surface area contributed by atoms with Crippen LogP contribution in [-0.2, 0) is 0 Å². The number of rotatable bonds is 4. The maximum absolute atomic E-state index is 9.93. The van der Waals surface area contributed by atoms with E-state index in [2.05, 4.69) is 37.9 Å². The minimum atomic E-state index is 0.388. The summed E-state index contributed by atoms with van der Waals surface area (Å²) < 4.78 is 0. The Bertz CT molecular complexity index is 773. The van der Waals surface area contributed by atoms with Gasteiger partial charge in [-0.2, -0.15) is 10.2 Å². The van der Waals surface area contributed by atoms with Gasteiger partial charge in [0, 0.05) is 0 Å². The van der Waals surface area contributed by atoms with Crippen LogP contribution >= 0.6 is 0 Å². The SMILES string of the molecule is CC(C)c1cccc(C(C)C)c1O.c1ccc(/N=N/c2ccccc2)cc1. The molecule has 0 fully saturated rings. The van der Waals surface area contributed by atoms with Gasteiger partial charge < -0.3 is 5.11 Å². The number of aromatic hydroxyl groups is 1. The van der Waals surface area contributed by atoms with Crippen LogP contribution in [0.5, 0.6) is 5.75 Å². The van der Waals surface area contributed by atoms with Gasteiger partial charge in [-0.05, 0) is 47.2 Å². The monoisotopic (exact) mass is 360 g/mol. The fourth-order valence-electron chi connectivity index (χ4n) is 2.62. The van der Waals surface area contributed by atoms with E-state index in [1.807, 2.05) is 78.9 Å². The lowest BCUT2D eigenvalue weighted by Crippen LogP contribution is -1.94. The lowest BCUT2D eigenvalue weighted by molar-refractivity contribution is 0.454. The Labute approximate surface area is 162 Å². The second-order valence-corrected chi connectivity index (χ2v) is 6.97. The number of nitrogens with zero attached hydrogens (tertiary/aromatic N) is 2. The molecule has 0 amide bonds. The zero-order valence-electron chi connectivity index (χ0n) is 16.5. The molecule has 0 heterocycles. The van der Waals surface area contributed by atoms with Crippen molar-refractivity contribution in [2.24, 2.45) is 10.2 Å². The van der Waals surface area contributed by atoms with E-state index in [-0.39, 0.29) is 0 Å². The minimum Gasteiger partial charge on any atom is -0.507 e. The molecule has 0 saturated carbocycles. The van der Waals surface area contributed by atoms with Crippen molar-refractivity contribution < 1.29 is 5.11 Å². The van der Waals surface area contributed by atoms with Gasteiger partial charge in [0.15, 0.2) is 0 Å². The maximum Gasteiger partial charge on any atom is 0.122 e. The van der Waals surface area contributed by atoms with Gasteiger partial charge in [-0.1, -0.05) is 82.3 Å². The third-order valence-electron chi connectivity index (χ3n) is 4.14. The van der Waals surface area contributed by atoms with Crippen LogP contribution in [-0.4, -0.2) is 5.11 Å². The molecule has 3 nitrogen and oxygen atoms in total. The van der Waals surface area contributed by atoms with E-state index in [0.29, 0.717) is 17.6 Å². The van der Waals surface area contributed by atoms with E-state index in [9.17, 15) is 5.11 Å². The first-order chi connectivity index (χ1) is 13.0. The largest absolute Gasteiger partial charge is 0.507 e. The molecule has 3 aromatic rings. The van der Waals surface area contributed by atoms with Crippen molar-refractivity contribution in [3.8, 4) is 5.75 Å². The number of azo groups is 1. The summed E-state index contributed by atoms with van der Waals surface area (Å²) in [7, 11) is 0. The molecule has 0 aliphatic carbocycles. The van der Waals surface area contributed by atoms with Crippen LogP contribution in [0.25, 0.3) is 0 Å². The Kier molecular flexibility index (Phi) is 7.75. The molecule has 0 radical (unpaired) electrons. The van der Waals surface area contributed by atoms with Crippen molar-refractivity contribution in [3.63, 3.8) is 0 Å². The summed E-state index contributed by atoms with van der Waals surface area (Å²) in [5.41, 5.74) is 3.84. The summed E-state index contributed by atoms with van der Waals surface area (Å²) in [6.07, 6.45) is 0. The topological polar surface area (TPSA) is 45.0 Å². The maximum atomic E-state index is 9.93. The van der Waals surface area contributed by atoms with Crippen LogP contribution in [0.2, 0.25) is 0 Å². The van der Waals surface area contributed by atoms with Crippen LogP contribution in [0.1, 0.15) is 50.7 Å².